The van der Waals surface area contributed by atoms with Gasteiger partial charge in [-0.15, -0.1) is 0 Å². The van der Waals surface area contributed by atoms with Crippen LogP contribution in [0.1, 0.15) is 40.1 Å². The van der Waals surface area contributed by atoms with Gasteiger partial charge in [0.2, 0.25) is 6.29 Å². The van der Waals surface area contributed by atoms with E-state index in [1.807, 2.05) is 0 Å². The number of hydrogen-bond acceptors (Lipinski definition) is 13. The smallest absolute Gasteiger partial charge is 0.404 e. The average Bonchev–Trinajstić information content (AvgIpc) is 3.09. The van der Waals surface area contributed by atoms with Crippen LogP contribution in [0.15, 0.2) is 69.9 Å². The Bertz CT molecular complexity index is 1910. The quantitative estimate of drug-likeness (QED) is 0.169. The number of benzene rings is 3. The molecule has 4 N–H and O–H groups in total. The van der Waals surface area contributed by atoms with Gasteiger partial charge in [-0.1, -0.05) is 0 Å². The van der Waals surface area contributed by atoms with Crippen LogP contribution < -0.4 is 30.5 Å². The lowest BCUT2D eigenvalue weighted by molar-refractivity contribution is -0.304. The summed E-state index contributed by atoms with van der Waals surface area (Å²) in [6, 6.07) is 14.4. The topological polar surface area (TPSA) is 207 Å². The highest BCUT2D eigenvalue weighted by atomic mass is 16.7. The molecule has 1 fully saturated rings. The lowest BCUT2D eigenvalue weighted by Crippen LogP contribution is -2.65. The largest absolute Gasteiger partial charge is 0.505 e. The lowest BCUT2D eigenvalue weighted by atomic mass is 9.89. The number of primary amides is 1. The molecule has 15 nitrogen and oxygen atoms in total. The molecule has 4 aromatic rings. The van der Waals surface area contributed by atoms with E-state index in [1.54, 1.807) is 13.8 Å². The van der Waals surface area contributed by atoms with Gasteiger partial charge in [0, 0.05) is 23.8 Å². The van der Waals surface area contributed by atoms with E-state index in [1.165, 1.54) is 88.9 Å². The molecular formula is C35H36N2O13. The van der Waals surface area contributed by atoms with Gasteiger partial charge in [-0.3, -0.25) is 9.59 Å². The number of hydrogen-bond donors (Lipinski definition) is 3. The van der Waals surface area contributed by atoms with E-state index in [9.17, 15) is 29.4 Å². The van der Waals surface area contributed by atoms with Crippen LogP contribution in [0.2, 0.25) is 0 Å². The van der Waals surface area contributed by atoms with Gasteiger partial charge in [0.25, 0.3) is 11.8 Å². The molecule has 0 saturated carbocycles. The van der Waals surface area contributed by atoms with E-state index in [2.05, 4.69) is 0 Å². The number of rotatable bonds is 9. The van der Waals surface area contributed by atoms with Crippen molar-refractivity contribution in [2.24, 2.45) is 5.73 Å². The molecule has 0 spiro atoms. The number of ether oxygens (including phenoxy) is 6. The highest BCUT2D eigenvalue weighted by Crippen LogP contribution is 2.40. The summed E-state index contributed by atoms with van der Waals surface area (Å²) in [5.74, 6) is -1.63. The standard InChI is InChI=1S/C35H36N2O13/c1-17-23(47-33-26(39)28(49-34(36)43)29(46-6)35(2,3)50-33)16-15-22-25(38)24(32(42)48-27(17)22)37(30(40)18-7-11-20(44-4)12-8-18)31(41)19-9-13-21(45-5)14-10-19/h7-16,26,28-29,33,38-39H,1-6H3,(H2,36,43)/t26-,28+,29+,33-/m1/s1. The van der Waals surface area contributed by atoms with Crippen LogP contribution in [0.4, 0.5) is 10.5 Å². The van der Waals surface area contributed by atoms with Crippen LogP contribution in [0.5, 0.6) is 23.0 Å². The minimum atomic E-state index is -1.57. The molecule has 4 atom stereocenters. The third kappa shape index (κ3) is 6.65. The van der Waals surface area contributed by atoms with Crippen LogP contribution in [0.25, 0.3) is 11.0 Å². The van der Waals surface area contributed by atoms with Crippen LogP contribution in [0, 0.1) is 6.92 Å². The van der Waals surface area contributed by atoms with Gasteiger partial charge in [0.1, 0.15) is 28.9 Å². The van der Waals surface area contributed by atoms with Crippen molar-refractivity contribution in [1.29, 1.82) is 0 Å². The number of nitrogens with two attached hydrogens (primary N) is 1. The fraction of sp³-hybridized carbons (Fsp3) is 0.314. The summed E-state index contributed by atoms with van der Waals surface area (Å²) >= 11 is 0. The molecule has 0 radical (unpaired) electrons. The summed E-state index contributed by atoms with van der Waals surface area (Å²) in [4.78, 5) is 53.7. The number of carbonyl (C=O) groups is 3. The van der Waals surface area contributed by atoms with Crippen molar-refractivity contribution in [3.05, 3.63) is 87.8 Å². The van der Waals surface area contributed by atoms with Crippen molar-refractivity contribution < 1.29 is 57.4 Å². The van der Waals surface area contributed by atoms with Crippen molar-refractivity contribution in [1.82, 2.24) is 0 Å². The maximum Gasteiger partial charge on any atom is 0.404 e. The molecule has 1 aliphatic heterocycles. The molecule has 50 heavy (non-hydrogen) atoms. The minimum Gasteiger partial charge on any atom is -0.505 e. The number of amides is 3. The van der Waals surface area contributed by atoms with Gasteiger partial charge in [-0.2, -0.15) is 0 Å². The Labute approximate surface area is 285 Å². The first-order chi connectivity index (χ1) is 23.7. The molecule has 15 heteroatoms. The summed E-state index contributed by atoms with van der Waals surface area (Å²) in [5.41, 5.74) is 2.21. The maximum absolute atomic E-state index is 13.9. The van der Waals surface area contributed by atoms with Gasteiger partial charge >= 0.3 is 11.7 Å². The summed E-state index contributed by atoms with van der Waals surface area (Å²) in [5, 5.41) is 22.6. The van der Waals surface area contributed by atoms with E-state index < -0.39 is 65.2 Å². The SMILES string of the molecule is COc1ccc(C(=O)N(C(=O)c2ccc(OC)cc2)c2c(O)c3ccc(O[C@@H]4OC(C)(C)[C@@H](OC)[C@@H](OC(N)=O)[C@H]4O)c(C)c3oc2=O)cc1. The monoisotopic (exact) mass is 692 g/mol. The number of imide groups is 1. The number of aromatic hydroxyl groups is 1. The Kier molecular flexibility index (Phi) is 10.0. The second-order valence-corrected chi connectivity index (χ2v) is 11.8. The van der Waals surface area contributed by atoms with Crippen LogP contribution in [-0.4, -0.2) is 79.7 Å². The lowest BCUT2D eigenvalue weighted by Gasteiger charge is -2.47. The molecule has 264 valence electrons. The Morgan fingerprint density at radius 3 is 1.90 bits per heavy atom. The summed E-state index contributed by atoms with van der Waals surface area (Å²) in [6.07, 6.45) is -6.32. The second-order valence-electron chi connectivity index (χ2n) is 11.8. The summed E-state index contributed by atoms with van der Waals surface area (Å²) in [7, 11) is 4.25. The molecule has 1 aliphatic rings. The predicted octanol–water partition coefficient (Wildman–Crippen LogP) is 3.66. The molecule has 0 aliphatic carbocycles. The molecular weight excluding hydrogens is 656 g/mol. The zero-order valence-corrected chi connectivity index (χ0v) is 28.0. The first-order valence-corrected chi connectivity index (χ1v) is 15.2. The number of methoxy groups -OCH3 is 3. The van der Waals surface area contributed by atoms with Crippen LogP contribution in [0.3, 0.4) is 0 Å². The fourth-order valence-electron chi connectivity index (χ4n) is 5.77. The Morgan fingerprint density at radius 1 is 0.880 bits per heavy atom. The van der Waals surface area contributed by atoms with Crippen LogP contribution in [-0.2, 0) is 14.2 Å². The molecule has 3 amide bonds. The van der Waals surface area contributed by atoms with Crippen molar-refractivity contribution in [2.75, 3.05) is 26.2 Å². The Hall–Kier alpha value is -5.64. The summed E-state index contributed by atoms with van der Waals surface area (Å²) in [6.45, 7) is 4.79. The highest BCUT2D eigenvalue weighted by molar-refractivity contribution is 6.26. The number of aliphatic hydroxyl groups excluding tert-OH is 1. The Balaban J connectivity index is 1.58. The average molecular weight is 693 g/mol. The molecule has 3 aromatic carbocycles. The van der Waals surface area contributed by atoms with Crippen molar-refractivity contribution in [3.8, 4) is 23.0 Å². The normalized spacial score (nSPS) is 19.7. The first kappa shape index (κ1) is 35.7. The molecule has 1 saturated heterocycles. The van der Waals surface area contributed by atoms with E-state index in [0.717, 1.165) is 0 Å². The van der Waals surface area contributed by atoms with Crippen molar-refractivity contribution in [2.45, 2.75) is 51.0 Å². The first-order valence-electron chi connectivity index (χ1n) is 15.2. The van der Waals surface area contributed by atoms with E-state index >= 15 is 0 Å². The third-order valence-electron chi connectivity index (χ3n) is 8.30. The van der Waals surface area contributed by atoms with Gasteiger partial charge in [-0.05, 0) is 81.4 Å². The zero-order chi connectivity index (χ0) is 36.5. The number of carbonyl (C=O) groups excluding carboxylic acids is 3. The number of aliphatic hydroxyl groups is 1. The van der Waals surface area contributed by atoms with Gasteiger partial charge in [0.15, 0.2) is 23.6 Å². The van der Waals surface area contributed by atoms with Gasteiger partial charge in [0.05, 0.1) is 25.2 Å². The highest BCUT2D eigenvalue weighted by Gasteiger charge is 2.53. The van der Waals surface area contributed by atoms with Gasteiger partial charge < -0.3 is 48.8 Å². The molecule has 1 aromatic heterocycles. The molecule has 0 unspecified atom stereocenters. The number of nitrogens with zero attached hydrogens (tertiary/aromatic N) is 1. The predicted molar refractivity (Wildman–Crippen MR) is 177 cm³/mol. The van der Waals surface area contributed by atoms with Gasteiger partial charge in [-0.25, -0.2) is 14.5 Å². The minimum absolute atomic E-state index is 0.00906. The molecule has 0 bridgehead atoms. The Morgan fingerprint density at radius 2 is 1.42 bits per heavy atom. The second kappa shape index (κ2) is 14.1. The molecule has 2 heterocycles. The summed E-state index contributed by atoms with van der Waals surface area (Å²) < 4.78 is 38.5. The number of aryl methyl sites for hydroxylation is 1. The van der Waals surface area contributed by atoms with E-state index in [-0.39, 0.29) is 33.4 Å². The number of fused-ring (bicyclic) bond motifs is 1. The van der Waals surface area contributed by atoms with E-state index in [4.69, 9.17) is 38.6 Å². The number of anilines is 1. The van der Waals surface area contributed by atoms with Crippen molar-refractivity contribution in [3.63, 3.8) is 0 Å². The maximum atomic E-state index is 13.9. The zero-order valence-electron chi connectivity index (χ0n) is 28.0. The van der Waals surface area contributed by atoms with Crippen molar-refractivity contribution >= 4 is 34.6 Å². The van der Waals surface area contributed by atoms with E-state index in [0.29, 0.717) is 16.4 Å². The fourth-order valence-corrected chi connectivity index (χ4v) is 5.77. The third-order valence-corrected chi connectivity index (χ3v) is 8.30. The van der Waals surface area contributed by atoms with Crippen LogP contribution >= 0.6 is 0 Å². The molecule has 5 rings (SSSR count).